The van der Waals surface area contributed by atoms with Gasteiger partial charge in [0.15, 0.2) is 0 Å². The Hall–Kier alpha value is -1.10. The molecule has 0 unspecified atom stereocenters. The number of anilines is 1. The van der Waals surface area contributed by atoms with Gasteiger partial charge in [0, 0.05) is 38.0 Å². The molecular weight excluding hydrogens is 252 g/mol. The van der Waals surface area contributed by atoms with Crippen molar-refractivity contribution in [2.45, 2.75) is 26.8 Å². The van der Waals surface area contributed by atoms with Crippen molar-refractivity contribution in [3.63, 3.8) is 0 Å². The van der Waals surface area contributed by atoms with E-state index in [0.717, 1.165) is 45.1 Å². The molecule has 1 aromatic rings. The van der Waals surface area contributed by atoms with Crippen LogP contribution in [-0.4, -0.2) is 39.5 Å². The molecule has 0 amide bonds. The average Bonchev–Trinajstić information content (AvgIpc) is 2.46. The lowest BCUT2D eigenvalue weighted by Crippen LogP contribution is -2.31. The highest BCUT2D eigenvalue weighted by Crippen LogP contribution is 2.18. The Kier molecular flexibility index (Phi) is 8.26. The van der Waals surface area contributed by atoms with Crippen molar-refractivity contribution >= 4 is 5.69 Å². The van der Waals surface area contributed by atoms with Crippen molar-refractivity contribution in [2.24, 2.45) is 5.73 Å². The normalized spacial score (nSPS) is 12.4. The van der Waals surface area contributed by atoms with Crippen LogP contribution in [0.2, 0.25) is 0 Å². The van der Waals surface area contributed by atoms with Gasteiger partial charge in [-0.3, -0.25) is 0 Å². The first-order chi connectivity index (χ1) is 9.69. The van der Waals surface area contributed by atoms with Crippen molar-refractivity contribution in [3.8, 4) is 0 Å². The predicted octanol–water partition coefficient (Wildman–Crippen LogP) is 2.59. The number of nitrogens with zero attached hydrogens (tertiary/aromatic N) is 1. The van der Waals surface area contributed by atoms with Crippen LogP contribution in [0.15, 0.2) is 24.3 Å². The molecule has 0 aliphatic heterocycles. The maximum absolute atomic E-state index is 5.88. The van der Waals surface area contributed by atoms with Gasteiger partial charge in [0.05, 0.1) is 13.2 Å². The van der Waals surface area contributed by atoms with Gasteiger partial charge >= 0.3 is 0 Å². The van der Waals surface area contributed by atoms with Crippen LogP contribution in [0, 0.1) is 0 Å². The number of nitrogens with two attached hydrogens (primary N) is 1. The van der Waals surface area contributed by atoms with Crippen LogP contribution in [0.3, 0.4) is 0 Å². The summed E-state index contributed by atoms with van der Waals surface area (Å²) >= 11 is 0. The quantitative estimate of drug-likeness (QED) is 0.669. The molecule has 1 aromatic carbocycles. The van der Waals surface area contributed by atoms with Crippen molar-refractivity contribution in [3.05, 3.63) is 29.8 Å². The van der Waals surface area contributed by atoms with Crippen LogP contribution in [0.25, 0.3) is 0 Å². The molecule has 4 nitrogen and oxygen atoms in total. The first-order valence-electron chi connectivity index (χ1n) is 7.45. The average molecular weight is 280 g/mol. The molecule has 0 saturated heterocycles. The number of hydrogen-bond donors (Lipinski definition) is 1. The Morgan fingerprint density at radius 2 is 1.50 bits per heavy atom. The smallest absolute Gasteiger partial charge is 0.0641 e. The lowest BCUT2D eigenvalue weighted by atomic mass is 10.1. The summed E-state index contributed by atoms with van der Waals surface area (Å²) in [4.78, 5) is 2.29. The van der Waals surface area contributed by atoms with Crippen LogP contribution in [0.5, 0.6) is 0 Å². The maximum atomic E-state index is 5.88. The Morgan fingerprint density at radius 3 is 1.90 bits per heavy atom. The summed E-state index contributed by atoms with van der Waals surface area (Å²) in [5.74, 6) is 0. The van der Waals surface area contributed by atoms with Crippen molar-refractivity contribution in [2.75, 3.05) is 44.4 Å². The van der Waals surface area contributed by atoms with E-state index in [4.69, 9.17) is 15.2 Å². The second kappa shape index (κ2) is 9.75. The molecular formula is C16H28N2O2. The fourth-order valence-corrected chi connectivity index (χ4v) is 2.00. The van der Waals surface area contributed by atoms with Gasteiger partial charge in [0.1, 0.15) is 0 Å². The summed E-state index contributed by atoms with van der Waals surface area (Å²) in [6.45, 7) is 10.7. The molecule has 1 atom stereocenters. The van der Waals surface area contributed by atoms with Crippen LogP contribution in [-0.2, 0) is 9.47 Å². The van der Waals surface area contributed by atoms with Gasteiger partial charge in [-0.15, -0.1) is 0 Å². The summed E-state index contributed by atoms with van der Waals surface area (Å²) in [5.41, 5.74) is 8.23. The first-order valence-corrected chi connectivity index (χ1v) is 7.45. The maximum Gasteiger partial charge on any atom is 0.0641 e. The lowest BCUT2D eigenvalue weighted by Gasteiger charge is -2.25. The Balaban J connectivity index is 2.64. The molecule has 0 heterocycles. The van der Waals surface area contributed by atoms with Gasteiger partial charge in [0.2, 0.25) is 0 Å². The third kappa shape index (κ3) is 5.90. The fourth-order valence-electron chi connectivity index (χ4n) is 2.00. The Morgan fingerprint density at radius 1 is 1.00 bits per heavy atom. The van der Waals surface area contributed by atoms with Gasteiger partial charge in [-0.25, -0.2) is 0 Å². The molecule has 114 valence electrons. The van der Waals surface area contributed by atoms with Crippen LogP contribution < -0.4 is 10.6 Å². The van der Waals surface area contributed by atoms with E-state index in [0.29, 0.717) is 0 Å². The van der Waals surface area contributed by atoms with E-state index in [1.807, 2.05) is 20.8 Å². The molecule has 0 fully saturated rings. The summed E-state index contributed by atoms with van der Waals surface area (Å²) in [5, 5.41) is 0. The molecule has 0 radical (unpaired) electrons. The van der Waals surface area contributed by atoms with E-state index in [1.165, 1.54) is 5.69 Å². The second-order valence-corrected chi connectivity index (χ2v) is 4.76. The summed E-state index contributed by atoms with van der Waals surface area (Å²) in [6, 6.07) is 8.50. The van der Waals surface area contributed by atoms with Gasteiger partial charge < -0.3 is 20.1 Å². The number of benzene rings is 1. The number of ether oxygens (including phenoxy) is 2. The van der Waals surface area contributed by atoms with Crippen LogP contribution in [0.1, 0.15) is 32.4 Å². The molecule has 0 aromatic heterocycles. The minimum Gasteiger partial charge on any atom is -0.380 e. The van der Waals surface area contributed by atoms with E-state index >= 15 is 0 Å². The number of hydrogen-bond acceptors (Lipinski definition) is 4. The molecule has 2 N–H and O–H groups in total. The minimum absolute atomic E-state index is 0.0735. The minimum atomic E-state index is 0.0735. The first kappa shape index (κ1) is 17.0. The molecule has 20 heavy (non-hydrogen) atoms. The van der Waals surface area contributed by atoms with Crippen LogP contribution in [0.4, 0.5) is 5.69 Å². The summed E-state index contributed by atoms with van der Waals surface area (Å²) < 4.78 is 10.9. The third-order valence-corrected chi connectivity index (χ3v) is 3.20. The van der Waals surface area contributed by atoms with Gasteiger partial charge in [0.25, 0.3) is 0 Å². The van der Waals surface area contributed by atoms with Crippen molar-refractivity contribution in [1.82, 2.24) is 0 Å². The largest absolute Gasteiger partial charge is 0.380 e. The Labute approximate surface area is 122 Å². The molecule has 0 saturated carbocycles. The van der Waals surface area contributed by atoms with Crippen molar-refractivity contribution in [1.29, 1.82) is 0 Å². The topological polar surface area (TPSA) is 47.7 Å². The highest BCUT2D eigenvalue weighted by atomic mass is 16.5. The zero-order valence-electron chi connectivity index (χ0n) is 13.0. The monoisotopic (exact) mass is 280 g/mol. The molecule has 0 spiro atoms. The standard InChI is InChI=1S/C16H28N2O2/c1-4-19-12-10-18(11-13-20-5-2)16-8-6-15(7-9-16)14(3)17/h6-9,14H,4-5,10-13,17H2,1-3H3/t14-/m1/s1. The van der Waals surface area contributed by atoms with E-state index in [-0.39, 0.29) is 6.04 Å². The zero-order chi connectivity index (χ0) is 14.8. The van der Waals surface area contributed by atoms with Gasteiger partial charge in [-0.1, -0.05) is 12.1 Å². The van der Waals surface area contributed by atoms with Crippen LogP contribution >= 0.6 is 0 Å². The highest BCUT2D eigenvalue weighted by Gasteiger charge is 2.07. The lowest BCUT2D eigenvalue weighted by molar-refractivity contribution is 0.141. The van der Waals surface area contributed by atoms with E-state index in [1.54, 1.807) is 0 Å². The van der Waals surface area contributed by atoms with E-state index < -0.39 is 0 Å². The van der Waals surface area contributed by atoms with Gasteiger partial charge in [-0.05, 0) is 38.5 Å². The molecule has 0 aliphatic carbocycles. The summed E-state index contributed by atoms with van der Waals surface area (Å²) in [7, 11) is 0. The zero-order valence-corrected chi connectivity index (χ0v) is 13.0. The van der Waals surface area contributed by atoms with Crippen molar-refractivity contribution < 1.29 is 9.47 Å². The number of rotatable bonds is 10. The molecule has 0 bridgehead atoms. The predicted molar refractivity (Wildman–Crippen MR) is 84.2 cm³/mol. The fraction of sp³-hybridized carbons (Fsp3) is 0.625. The molecule has 1 rings (SSSR count). The summed E-state index contributed by atoms with van der Waals surface area (Å²) in [6.07, 6.45) is 0. The van der Waals surface area contributed by atoms with Gasteiger partial charge in [-0.2, -0.15) is 0 Å². The SMILES string of the molecule is CCOCCN(CCOCC)c1ccc([C@@H](C)N)cc1. The highest BCUT2D eigenvalue weighted by molar-refractivity contribution is 5.48. The second-order valence-electron chi connectivity index (χ2n) is 4.76. The molecule has 4 heteroatoms. The third-order valence-electron chi connectivity index (χ3n) is 3.20. The molecule has 0 aliphatic rings. The van der Waals surface area contributed by atoms with E-state index in [2.05, 4.69) is 29.2 Å². The Bertz CT molecular complexity index is 342. The van der Waals surface area contributed by atoms with E-state index in [9.17, 15) is 0 Å².